The Morgan fingerprint density at radius 2 is 2.06 bits per heavy atom. The van der Waals surface area contributed by atoms with E-state index in [4.69, 9.17) is 5.73 Å². The molecule has 0 aliphatic carbocycles. The summed E-state index contributed by atoms with van der Waals surface area (Å²) < 4.78 is 0.820. The van der Waals surface area contributed by atoms with Gasteiger partial charge in [0.2, 0.25) is 0 Å². The molecule has 2 aromatic rings. The van der Waals surface area contributed by atoms with Crippen molar-refractivity contribution >= 4 is 21.7 Å². The maximum absolute atomic E-state index is 5.93. The maximum Gasteiger partial charge on any atom is 0.161 e. The number of hydrogen-bond acceptors (Lipinski definition) is 3. The number of nitrogen functional groups attached to an aromatic ring is 1. The summed E-state index contributed by atoms with van der Waals surface area (Å²) in [5, 5.41) is 0. The van der Waals surface area contributed by atoms with Crippen molar-refractivity contribution < 1.29 is 0 Å². The van der Waals surface area contributed by atoms with Crippen LogP contribution in [0.15, 0.2) is 28.7 Å². The van der Waals surface area contributed by atoms with Gasteiger partial charge < -0.3 is 5.73 Å². The van der Waals surface area contributed by atoms with E-state index in [2.05, 4.69) is 51.9 Å². The molecule has 0 fully saturated rings. The van der Waals surface area contributed by atoms with E-state index in [9.17, 15) is 0 Å². The maximum atomic E-state index is 5.93. The second-order valence-corrected chi connectivity index (χ2v) is 5.11. The summed E-state index contributed by atoms with van der Waals surface area (Å²) in [4.78, 5) is 8.94. The molecule has 0 spiro atoms. The lowest BCUT2D eigenvalue weighted by atomic mass is 10.1. The van der Waals surface area contributed by atoms with Crippen molar-refractivity contribution in [3.63, 3.8) is 0 Å². The van der Waals surface area contributed by atoms with Crippen molar-refractivity contribution in [3.8, 4) is 11.4 Å². The Morgan fingerprint density at radius 3 is 2.72 bits per heavy atom. The minimum atomic E-state index is 0.505. The monoisotopic (exact) mass is 305 g/mol. The smallest absolute Gasteiger partial charge is 0.161 e. The number of aromatic nitrogens is 2. The first kappa shape index (κ1) is 13.0. The van der Waals surface area contributed by atoms with Gasteiger partial charge in [0.05, 0.1) is 10.2 Å². The summed E-state index contributed by atoms with van der Waals surface area (Å²) in [6.07, 6.45) is 1.93. The third-order valence-corrected chi connectivity index (χ3v) is 3.57. The zero-order valence-corrected chi connectivity index (χ0v) is 12.2. The number of nitrogens with two attached hydrogens (primary N) is 1. The largest absolute Gasteiger partial charge is 0.383 e. The van der Waals surface area contributed by atoms with Crippen LogP contribution in [-0.2, 0) is 6.42 Å². The first-order chi connectivity index (χ1) is 8.61. The highest BCUT2D eigenvalue weighted by Gasteiger charge is 2.10. The molecule has 94 valence electrons. The van der Waals surface area contributed by atoms with Crippen LogP contribution < -0.4 is 5.73 Å². The van der Waals surface area contributed by atoms with Crippen LogP contribution in [0.2, 0.25) is 0 Å². The summed E-state index contributed by atoms with van der Waals surface area (Å²) in [5.41, 5.74) is 9.10. The highest BCUT2D eigenvalue weighted by Crippen LogP contribution is 2.26. The topological polar surface area (TPSA) is 51.8 Å². The molecule has 1 heterocycles. The molecule has 18 heavy (non-hydrogen) atoms. The van der Waals surface area contributed by atoms with Gasteiger partial charge >= 0.3 is 0 Å². The Hall–Kier alpha value is -1.42. The van der Waals surface area contributed by atoms with Crippen LogP contribution >= 0.6 is 15.9 Å². The van der Waals surface area contributed by atoms with Gasteiger partial charge in [0, 0.05) is 5.56 Å². The molecule has 1 aromatic carbocycles. The Labute approximate surface area is 116 Å². The van der Waals surface area contributed by atoms with Crippen LogP contribution in [0.3, 0.4) is 0 Å². The molecule has 2 N–H and O–H groups in total. The number of halogens is 1. The quantitative estimate of drug-likeness (QED) is 0.939. The molecule has 0 aliphatic rings. The predicted octanol–water partition coefficient (Wildman–Crippen LogP) is 3.75. The molecule has 0 amide bonds. The van der Waals surface area contributed by atoms with Crippen LogP contribution in [0.4, 0.5) is 5.82 Å². The molecule has 3 nitrogen and oxygen atoms in total. The van der Waals surface area contributed by atoms with Gasteiger partial charge in [0.1, 0.15) is 5.82 Å². The van der Waals surface area contributed by atoms with E-state index in [0.717, 1.165) is 28.6 Å². The van der Waals surface area contributed by atoms with Crippen LogP contribution in [0, 0.1) is 6.92 Å². The van der Waals surface area contributed by atoms with Crippen molar-refractivity contribution in [1.82, 2.24) is 9.97 Å². The molecule has 0 atom stereocenters. The van der Waals surface area contributed by atoms with Gasteiger partial charge in [-0.1, -0.05) is 37.1 Å². The summed E-state index contributed by atoms with van der Waals surface area (Å²) in [7, 11) is 0. The van der Waals surface area contributed by atoms with Crippen LogP contribution in [0.25, 0.3) is 11.4 Å². The first-order valence-corrected chi connectivity index (χ1v) is 6.80. The van der Waals surface area contributed by atoms with Gasteiger partial charge in [-0.2, -0.15) is 0 Å². The molecule has 0 aliphatic heterocycles. The molecule has 4 heteroatoms. The Bertz CT molecular complexity index is 567. The lowest BCUT2D eigenvalue weighted by Gasteiger charge is -2.08. The van der Waals surface area contributed by atoms with E-state index in [1.165, 1.54) is 5.56 Å². The fourth-order valence-electron chi connectivity index (χ4n) is 1.83. The summed E-state index contributed by atoms with van der Waals surface area (Å²) in [6.45, 7) is 4.18. The third-order valence-electron chi connectivity index (χ3n) is 2.71. The lowest BCUT2D eigenvalue weighted by molar-refractivity contribution is 0.870. The highest BCUT2D eigenvalue weighted by atomic mass is 79.9. The van der Waals surface area contributed by atoms with Gasteiger partial charge in [-0.05, 0) is 35.3 Å². The third kappa shape index (κ3) is 2.70. The fraction of sp³-hybridized carbons (Fsp3) is 0.286. The Morgan fingerprint density at radius 1 is 1.28 bits per heavy atom. The average molecular weight is 306 g/mol. The van der Waals surface area contributed by atoms with Gasteiger partial charge in [-0.3, -0.25) is 0 Å². The van der Waals surface area contributed by atoms with Crippen molar-refractivity contribution in [3.05, 3.63) is 40.0 Å². The van der Waals surface area contributed by atoms with E-state index < -0.39 is 0 Å². The standard InChI is InChI=1S/C14H16BrN3/c1-3-5-11-12(15)13(16)18-14(17-11)10-7-4-6-9(2)8-10/h4,6-8H,3,5H2,1-2H3,(H2,16,17,18). The SMILES string of the molecule is CCCc1nc(-c2cccc(C)c2)nc(N)c1Br. The molecule has 0 radical (unpaired) electrons. The number of aryl methyl sites for hydroxylation is 2. The van der Waals surface area contributed by atoms with Crippen molar-refractivity contribution in [1.29, 1.82) is 0 Å². The van der Waals surface area contributed by atoms with E-state index in [-0.39, 0.29) is 0 Å². The van der Waals surface area contributed by atoms with Crippen molar-refractivity contribution in [2.24, 2.45) is 0 Å². The van der Waals surface area contributed by atoms with Gasteiger partial charge in [0.25, 0.3) is 0 Å². The van der Waals surface area contributed by atoms with Crippen molar-refractivity contribution in [2.75, 3.05) is 5.73 Å². The number of rotatable bonds is 3. The number of anilines is 1. The molecular weight excluding hydrogens is 290 g/mol. The van der Waals surface area contributed by atoms with Crippen LogP contribution in [-0.4, -0.2) is 9.97 Å². The Balaban J connectivity index is 2.51. The number of hydrogen-bond donors (Lipinski definition) is 1. The molecule has 0 unspecified atom stereocenters. The molecule has 2 rings (SSSR count). The number of benzene rings is 1. The zero-order chi connectivity index (χ0) is 13.1. The van der Waals surface area contributed by atoms with E-state index >= 15 is 0 Å². The highest BCUT2D eigenvalue weighted by molar-refractivity contribution is 9.10. The number of nitrogens with zero attached hydrogens (tertiary/aromatic N) is 2. The normalized spacial score (nSPS) is 10.6. The average Bonchev–Trinajstić information content (AvgIpc) is 2.35. The van der Waals surface area contributed by atoms with Gasteiger partial charge in [0.15, 0.2) is 5.82 Å². The minimum Gasteiger partial charge on any atom is -0.383 e. The molecular formula is C14H16BrN3. The van der Waals surface area contributed by atoms with Gasteiger partial charge in [-0.25, -0.2) is 9.97 Å². The summed E-state index contributed by atoms with van der Waals surface area (Å²) >= 11 is 3.45. The predicted molar refractivity (Wildman–Crippen MR) is 78.3 cm³/mol. The van der Waals surface area contributed by atoms with E-state index in [0.29, 0.717) is 11.6 Å². The van der Waals surface area contributed by atoms with E-state index in [1.807, 2.05) is 12.1 Å². The Kier molecular flexibility index (Phi) is 3.97. The van der Waals surface area contributed by atoms with Crippen LogP contribution in [0.1, 0.15) is 24.6 Å². The van der Waals surface area contributed by atoms with Crippen LogP contribution in [0.5, 0.6) is 0 Å². The first-order valence-electron chi connectivity index (χ1n) is 6.00. The van der Waals surface area contributed by atoms with Gasteiger partial charge in [-0.15, -0.1) is 0 Å². The summed E-state index contributed by atoms with van der Waals surface area (Å²) in [6, 6.07) is 8.13. The van der Waals surface area contributed by atoms with E-state index in [1.54, 1.807) is 0 Å². The molecule has 0 bridgehead atoms. The second kappa shape index (κ2) is 5.48. The van der Waals surface area contributed by atoms with Crippen molar-refractivity contribution in [2.45, 2.75) is 26.7 Å². The molecule has 0 saturated heterocycles. The molecule has 1 aromatic heterocycles. The fourth-order valence-corrected chi connectivity index (χ4v) is 2.20. The lowest BCUT2D eigenvalue weighted by Crippen LogP contribution is -2.02. The summed E-state index contributed by atoms with van der Waals surface area (Å²) in [5.74, 6) is 1.20. The second-order valence-electron chi connectivity index (χ2n) is 4.31. The minimum absolute atomic E-state index is 0.505. The zero-order valence-electron chi connectivity index (χ0n) is 10.6. The molecule has 0 saturated carbocycles.